The largest absolute Gasteiger partial charge is 0.497 e. The first-order valence-corrected chi connectivity index (χ1v) is 10.5. The monoisotopic (exact) mass is 436 g/mol. The Morgan fingerprint density at radius 3 is 2.83 bits per heavy atom. The van der Waals surface area contributed by atoms with E-state index in [2.05, 4.69) is 14.3 Å². The minimum Gasteiger partial charge on any atom is -0.497 e. The molecule has 6 nitrogen and oxygen atoms in total. The highest BCUT2D eigenvalue weighted by Crippen LogP contribution is 2.28. The van der Waals surface area contributed by atoms with Gasteiger partial charge in [-0.05, 0) is 53.8 Å². The third kappa shape index (κ3) is 3.26. The van der Waals surface area contributed by atoms with Crippen molar-refractivity contribution in [2.24, 2.45) is 0 Å². The van der Waals surface area contributed by atoms with E-state index in [1.165, 1.54) is 11.5 Å². The summed E-state index contributed by atoms with van der Waals surface area (Å²) in [5.41, 5.74) is 4.32. The second-order valence-electron chi connectivity index (χ2n) is 6.93. The molecule has 0 aliphatic carbocycles. The van der Waals surface area contributed by atoms with Crippen molar-refractivity contribution < 1.29 is 4.74 Å². The summed E-state index contributed by atoms with van der Waals surface area (Å²) in [5.74, 6) is 0.808. The van der Waals surface area contributed by atoms with Crippen LogP contribution in [0, 0.1) is 0 Å². The highest BCUT2D eigenvalue weighted by atomic mass is 35.5. The zero-order valence-corrected chi connectivity index (χ0v) is 17.6. The Morgan fingerprint density at radius 2 is 2.03 bits per heavy atom. The number of methoxy groups -OCH3 is 1. The Morgan fingerprint density at radius 1 is 1.20 bits per heavy atom. The van der Waals surface area contributed by atoms with Crippen molar-refractivity contribution in [3.05, 3.63) is 75.9 Å². The molecular formula is C22H17ClN4O2S. The Hall–Kier alpha value is -3.16. The number of H-pyrrole nitrogens is 1. The number of aromatic nitrogens is 4. The van der Waals surface area contributed by atoms with E-state index in [0.29, 0.717) is 33.9 Å². The zero-order valence-electron chi connectivity index (χ0n) is 16.1. The lowest BCUT2D eigenvalue weighted by molar-refractivity contribution is 0.415. The first-order valence-electron chi connectivity index (χ1n) is 9.39. The minimum atomic E-state index is -0.0739. The molecule has 5 aromatic rings. The fraction of sp³-hybridized carbons (Fsp3) is 0.136. The summed E-state index contributed by atoms with van der Waals surface area (Å²) in [6.07, 6.45) is 4.28. The summed E-state index contributed by atoms with van der Waals surface area (Å²) in [4.78, 5) is 20.8. The molecule has 0 atom stereocenters. The molecule has 0 saturated heterocycles. The van der Waals surface area contributed by atoms with Gasteiger partial charge in [-0.3, -0.25) is 9.36 Å². The number of fused-ring (bicyclic) bond motifs is 2. The van der Waals surface area contributed by atoms with Gasteiger partial charge in [0.1, 0.15) is 21.7 Å². The van der Waals surface area contributed by atoms with Crippen LogP contribution in [0.15, 0.2) is 59.8 Å². The molecule has 0 saturated carbocycles. The maximum atomic E-state index is 13.0. The quantitative estimate of drug-likeness (QED) is 0.425. The van der Waals surface area contributed by atoms with Gasteiger partial charge in [0.15, 0.2) is 0 Å². The van der Waals surface area contributed by atoms with Gasteiger partial charge in [0.2, 0.25) is 0 Å². The third-order valence-corrected chi connectivity index (χ3v) is 6.24. The SMILES string of the molecule is COc1ccc2[nH]cc(CCn3cnc4c(-c5ccc(Cl)cc5)nsc4c3=O)c2c1. The lowest BCUT2D eigenvalue weighted by atomic mass is 10.1. The molecule has 0 spiro atoms. The van der Waals surface area contributed by atoms with E-state index >= 15 is 0 Å². The van der Waals surface area contributed by atoms with Crippen LogP contribution in [0.2, 0.25) is 5.02 Å². The van der Waals surface area contributed by atoms with Gasteiger partial charge >= 0.3 is 0 Å². The molecule has 5 rings (SSSR count). The van der Waals surface area contributed by atoms with Crippen molar-refractivity contribution in [3.8, 4) is 17.0 Å². The number of ether oxygens (including phenoxy) is 1. The summed E-state index contributed by atoms with van der Waals surface area (Å²) in [5, 5.41) is 1.75. The summed E-state index contributed by atoms with van der Waals surface area (Å²) < 4.78 is 12.0. The van der Waals surface area contributed by atoms with E-state index < -0.39 is 0 Å². The summed E-state index contributed by atoms with van der Waals surface area (Å²) >= 11 is 7.15. The van der Waals surface area contributed by atoms with E-state index in [4.69, 9.17) is 16.3 Å². The molecule has 0 radical (unpaired) electrons. The average Bonchev–Trinajstić information content (AvgIpc) is 3.38. The van der Waals surface area contributed by atoms with Gasteiger partial charge in [-0.25, -0.2) is 4.98 Å². The van der Waals surface area contributed by atoms with Gasteiger partial charge in [0.25, 0.3) is 5.56 Å². The Kier molecular flexibility index (Phi) is 4.77. The first kappa shape index (κ1) is 18.8. The number of rotatable bonds is 5. The molecule has 8 heteroatoms. The normalized spacial score (nSPS) is 11.4. The lowest BCUT2D eigenvalue weighted by Gasteiger charge is -2.06. The highest BCUT2D eigenvalue weighted by molar-refractivity contribution is 7.13. The van der Waals surface area contributed by atoms with E-state index in [1.54, 1.807) is 30.1 Å². The van der Waals surface area contributed by atoms with Crippen molar-refractivity contribution in [1.82, 2.24) is 18.9 Å². The van der Waals surface area contributed by atoms with Gasteiger partial charge in [0, 0.05) is 34.2 Å². The molecule has 150 valence electrons. The molecular weight excluding hydrogens is 420 g/mol. The van der Waals surface area contributed by atoms with Crippen LogP contribution in [0.5, 0.6) is 5.75 Å². The average molecular weight is 437 g/mol. The maximum absolute atomic E-state index is 13.0. The van der Waals surface area contributed by atoms with Crippen LogP contribution in [0.3, 0.4) is 0 Å². The topological polar surface area (TPSA) is 72.8 Å². The first-order chi connectivity index (χ1) is 14.6. The van der Waals surface area contributed by atoms with Gasteiger partial charge in [0.05, 0.1) is 13.4 Å². The number of benzene rings is 2. The van der Waals surface area contributed by atoms with Crippen LogP contribution < -0.4 is 10.3 Å². The number of hydrogen-bond acceptors (Lipinski definition) is 5. The lowest BCUT2D eigenvalue weighted by Crippen LogP contribution is -2.20. The summed E-state index contributed by atoms with van der Waals surface area (Å²) in [6, 6.07) is 13.3. The second kappa shape index (κ2) is 7.59. The predicted molar refractivity (Wildman–Crippen MR) is 121 cm³/mol. The smallest absolute Gasteiger partial charge is 0.272 e. The molecule has 3 aromatic heterocycles. The molecule has 30 heavy (non-hydrogen) atoms. The van der Waals surface area contributed by atoms with Gasteiger partial charge in [-0.15, -0.1) is 0 Å². The molecule has 3 heterocycles. The molecule has 0 aliphatic heterocycles. The van der Waals surface area contributed by atoms with Crippen molar-refractivity contribution in [3.63, 3.8) is 0 Å². The van der Waals surface area contributed by atoms with Crippen molar-refractivity contribution >= 4 is 44.3 Å². The van der Waals surface area contributed by atoms with Gasteiger partial charge < -0.3 is 9.72 Å². The van der Waals surface area contributed by atoms with E-state index in [0.717, 1.165) is 27.8 Å². The molecule has 1 N–H and O–H groups in total. The standard InChI is InChI=1S/C22H17ClN4O2S/c1-29-16-6-7-18-17(10-16)14(11-24-18)8-9-27-12-25-20-19(26-30-21(20)22(27)28)13-2-4-15(23)5-3-13/h2-7,10-12,24H,8-9H2,1H3. The van der Waals surface area contributed by atoms with E-state index in [1.807, 2.05) is 36.5 Å². The fourth-order valence-corrected chi connectivity index (χ4v) is 4.48. The third-order valence-electron chi connectivity index (χ3n) is 5.16. The van der Waals surface area contributed by atoms with Crippen LogP contribution in [-0.4, -0.2) is 26.0 Å². The molecule has 0 fully saturated rings. The van der Waals surface area contributed by atoms with Crippen LogP contribution in [0.4, 0.5) is 0 Å². The van der Waals surface area contributed by atoms with Crippen LogP contribution in [0.1, 0.15) is 5.56 Å². The van der Waals surface area contributed by atoms with Gasteiger partial charge in [-0.1, -0.05) is 23.7 Å². The maximum Gasteiger partial charge on any atom is 0.272 e. The van der Waals surface area contributed by atoms with E-state index in [-0.39, 0.29) is 5.56 Å². The number of aryl methyl sites for hydroxylation is 2. The zero-order chi connectivity index (χ0) is 20.7. The molecule has 0 amide bonds. The minimum absolute atomic E-state index is 0.0739. The van der Waals surface area contributed by atoms with Crippen LogP contribution >= 0.6 is 23.1 Å². The van der Waals surface area contributed by atoms with Crippen molar-refractivity contribution in [2.75, 3.05) is 7.11 Å². The Balaban J connectivity index is 1.45. The highest BCUT2D eigenvalue weighted by Gasteiger charge is 2.15. The van der Waals surface area contributed by atoms with Gasteiger partial charge in [-0.2, -0.15) is 4.37 Å². The molecule has 0 unspecified atom stereocenters. The number of nitrogens with one attached hydrogen (secondary N) is 1. The fourth-order valence-electron chi connectivity index (χ4n) is 3.54. The van der Waals surface area contributed by atoms with Crippen LogP contribution in [-0.2, 0) is 13.0 Å². The molecule has 0 bridgehead atoms. The number of hydrogen-bond donors (Lipinski definition) is 1. The molecule has 0 aliphatic rings. The number of nitrogens with zero attached hydrogens (tertiary/aromatic N) is 3. The number of halogens is 1. The molecule has 2 aromatic carbocycles. The summed E-state index contributed by atoms with van der Waals surface area (Å²) in [7, 11) is 1.65. The predicted octanol–water partition coefficient (Wildman–Crippen LogP) is 4.91. The Bertz CT molecular complexity index is 1420. The second-order valence-corrected chi connectivity index (χ2v) is 8.14. The van der Waals surface area contributed by atoms with E-state index in [9.17, 15) is 4.79 Å². The van der Waals surface area contributed by atoms with Crippen molar-refractivity contribution in [1.29, 1.82) is 0 Å². The Labute approximate surface area is 180 Å². The number of aromatic amines is 1. The van der Waals surface area contributed by atoms with Crippen LogP contribution in [0.25, 0.3) is 32.4 Å². The van der Waals surface area contributed by atoms with Crippen molar-refractivity contribution in [2.45, 2.75) is 13.0 Å². The summed E-state index contributed by atoms with van der Waals surface area (Å²) in [6.45, 7) is 0.528.